The Morgan fingerprint density at radius 3 is 2.79 bits per heavy atom. The van der Waals surface area contributed by atoms with Gasteiger partial charge in [0.05, 0.1) is 24.0 Å². The maximum atomic E-state index is 14.7. The zero-order valence-corrected chi connectivity index (χ0v) is 22.1. The number of para-hydroxylation sites is 1. The maximum absolute atomic E-state index is 14.7. The van der Waals surface area contributed by atoms with Crippen molar-refractivity contribution in [3.8, 4) is 12.3 Å². The molecular formula is C28H28ClFN6O2. The number of aromatic nitrogens is 2. The number of nitrogens with zero attached hydrogens (tertiary/aromatic N) is 3. The van der Waals surface area contributed by atoms with Gasteiger partial charge in [0.15, 0.2) is 5.82 Å². The van der Waals surface area contributed by atoms with Crippen LogP contribution in [0.1, 0.15) is 49.5 Å². The van der Waals surface area contributed by atoms with E-state index in [1.807, 2.05) is 25.1 Å². The Bertz CT molecular complexity index is 1440. The monoisotopic (exact) mass is 534 g/mol. The van der Waals surface area contributed by atoms with Crippen LogP contribution in [-0.4, -0.2) is 34.9 Å². The lowest BCUT2D eigenvalue weighted by molar-refractivity contribution is -0.118. The highest BCUT2D eigenvalue weighted by atomic mass is 35.5. The van der Waals surface area contributed by atoms with Crippen LogP contribution in [0.25, 0.3) is 0 Å². The van der Waals surface area contributed by atoms with Gasteiger partial charge >= 0.3 is 0 Å². The molecule has 2 amide bonds. The van der Waals surface area contributed by atoms with Crippen molar-refractivity contribution in [2.24, 2.45) is 0 Å². The number of amides is 2. The van der Waals surface area contributed by atoms with Crippen LogP contribution in [0.15, 0.2) is 42.6 Å². The normalized spacial score (nSPS) is 14.2. The van der Waals surface area contributed by atoms with Crippen LogP contribution in [0, 0.1) is 18.2 Å². The number of benzene rings is 2. The Morgan fingerprint density at radius 1 is 1.26 bits per heavy atom. The van der Waals surface area contributed by atoms with Crippen molar-refractivity contribution in [1.29, 1.82) is 0 Å². The molecule has 2 aromatic carbocycles. The van der Waals surface area contributed by atoms with Crippen LogP contribution in [0.5, 0.6) is 0 Å². The van der Waals surface area contributed by atoms with Crippen molar-refractivity contribution in [1.82, 2.24) is 15.3 Å². The van der Waals surface area contributed by atoms with E-state index in [9.17, 15) is 14.0 Å². The van der Waals surface area contributed by atoms with Gasteiger partial charge in [-0.3, -0.25) is 9.59 Å². The number of rotatable bonds is 7. The van der Waals surface area contributed by atoms with Gasteiger partial charge in [0.1, 0.15) is 10.8 Å². The van der Waals surface area contributed by atoms with E-state index < -0.39 is 11.7 Å². The SMILES string of the molecule is C#CCNC(=O)c1cccc(F)c1Nc1nc(Nc2ccc3c(c2)N(CC)C(=O)CCC3(C)C)ncc1Cl. The smallest absolute Gasteiger partial charge is 0.254 e. The molecule has 8 nitrogen and oxygen atoms in total. The Kier molecular flexibility index (Phi) is 7.83. The van der Waals surface area contributed by atoms with Crippen LogP contribution >= 0.6 is 11.6 Å². The lowest BCUT2D eigenvalue weighted by Crippen LogP contribution is -2.29. The van der Waals surface area contributed by atoms with Gasteiger partial charge in [0.2, 0.25) is 11.9 Å². The molecular weight excluding hydrogens is 507 g/mol. The second-order valence-electron chi connectivity index (χ2n) is 9.44. The van der Waals surface area contributed by atoms with Gasteiger partial charge in [0.25, 0.3) is 5.91 Å². The average molecular weight is 535 g/mol. The third kappa shape index (κ3) is 5.55. The number of anilines is 5. The Balaban J connectivity index is 1.65. The molecule has 3 N–H and O–H groups in total. The molecule has 0 radical (unpaired) electrons. The maximum Gasteiger partial charge on any atom is 0.254 e. The van der Waals surface area contributed by atoms with Crippen LogP contribution in [0.3, 0.4) is 0 Å². The Morgan fingerprint density at radius 2 is 2.05 bits per heavy atom. The largest absolute Gasteiger partial charge is 0.341 e. The van der Waals surface area contributed by atoms with Crippen LogP contribution in [0.2, 0.25) is 5.02 Å². The van der Waals surface area contributed by atoms with Gasteiger partial charge in [-0.2, -0.15) is 4.98 Å². The molecule has 0 saturated carbocycles. The molecule has 1 aliphatic heterocycles. The molecule has 1 aromatic heterocycles. The second-order valence-corrected chi connectivity index (χ2v) is 9.85. The first-order valence-corrected chi connectivity index (χ1v) is 12.5. The van der Waals surface area contributed by atoms with Gasteiger partial charge in [-0.25, -0.2) is 9.37 Å². The summed E-state index contributed by atoms with van der Waals surface area (Å²) in [5, 5.41) is 8.61. The van der Waals surface area contributed by atoms with E-state index in [1.54, 1.807) is 4.90 Å². The predicted octanol–water partition coefficient (Wildman–Crippen LogP) is 5.54. The third-order valence-electron chi connectivity index (χ3n) is 6.45. The molecule has 2 heterocycles. The molecule has 1 aliphatic rings. The fraction of sp³-hybridized carbons (Fsp3) is 0.286. The number of fused-ring (bicyclic) bond motifs is 1. The molecule has 0 bridgehead atoms. The Hall–Kier alpha value is -4.16. The number of carbonyl (C=O) groups is 2. The van der Waals surface area contributed by atoms with Crippen molar-refractivity contribution in [3.05, 3.63) is 64.6 Å². The zero-order chi connectivity index (χ0) is 27.4. The lowest BCUT2D eigenvalue weighted by Gasteiger charge is -2.27. The summed E-state index contributed by atoms with van der Waals surface area (Å²) in [5.74, 6) is 1.47. The fourth-order valence-electron chi connectivity index (χ4n) is 4.40. The van der Waals surface area contributed by atoms with E-state index >= 15 is 0 Å². The van der Waals surface area contributed by atoms with Crippen LogP contribution < -0.4 is 20.9 Å². The number of nitrogens with one attached hydrogen (secondary N) is 3. The minimum Gasteiger partial charge on any atom is -0.341 e. The van der Waals surface area contributed by atoms with E-state index in [0.29, 0.717) is 18.7 Å². The predicted molar refractivity (Wildman–Crippen MR) is 148 cm³/mol. The molecule has 196 valence electrons. The fourth-order valence-corrected chi connectivity index (χ4v) is 4.54. The summed E-state index contributed by atoms with van der Waals surface area (Å²) in [7, 11) is 0. The van der Waals surface area contributed by atoms with Crippen molar-refractivity contribution < 1.29 is 14.0 Å². The highest BCUT2D eigenvalue weighted by Gasteiger charge is 2.32. The lowest BCUT2D eigenvalue weighted by atomic mass is 9.80. The van der Waals surface area contributed by atoms with Crippen molar-refractivity contribution in [2.75, 3.05) is 28.6 Å². The molecule has 0 unspecified atom stereocenters. The summed E-state index contributed by atoms with van der Waals surface area (Å²) < 4.78 is 14.7. The molecule has 38 heavy (non-hydrogen) atoms. The second kappa shape index (κ2) is 11.1. The minimum atomic E-state index is -0.666. The molecule has 0 saturated heterocycles. The van der Waals surface area contributed by atoms with Gasteiger partial charge in [0, 0.05) is 24.3 Å². The Labute approximate surface area is 226 Å². The van der Waals surface area contributed by atoms with E-state index in [-0.39, 0.29) is 45.9 Å². The summed E-state index contributed by atoms with van der Waals surface area (Å²) in [5.41, 5.74) is 2.38. The van der Waals surface area contributed by atoms with Gasteiger partial charge < -0.3 is 20.9 Å². The third-order valence-corrected chi connectivity index (χ3v) is 6.73. The highest BCUT2D eigenvalue weighted by Crippen LogP contribution is 2.41. The van der Waals surface area contributed by atoms with Gasteiger partial charge in [-0.05, 0) is 48.6 Å². The standard InChI is InChI=1S/C28H28ClFN6O2/c1-5-14-31-26(38)18-8-7-9-21(30)24(18)34-25-20(29)16-32-27(35-25)33-17-10-11-19-22(15-17)36(6-2)23(37)12-13-28(19,3)4/h1,7-11,15-16H,6,12-14H2,2-4H3,(H,31,38)(H2,32,33,34,35). The summed E-state index contributed by atoms with van der Waals surface area (Å²) in [6.07, 6.45) is 7.82. The van der Waals surface area contributed by atoms with Crippen LogP contribution in [0.4, 0.5) is 33.2 Å². The van der Waals surface area contributed by atoms with E-state index in [2.05, 4.69) is 45.7 Å². The van der Waals surface area contributed by atoms with E-state index in [0.717, 1.165) is 17.7 Å². The summed E-state index contributed by atoms with van der Waals surface area (Å²) in [6.45, 7) is 6.77. The number of carbonyl (C=O) groups excluding carboxylic acids is 2. The van der Waals surface area contributed by atoms with Crippen molar-refractivity contribution >= 4 is 52.2 Å². The quantitative estimate of drug-likeness (QED) is 0.344. The van der Waals surface area contributed by atoms with Crippen molar-refractivity contribution in [2.45, 2.75) is 39.0 Å². The molecule has 0 aliphatic carbocycles. The van der Waals surface area contributed by atoms with E-state index in [4.69, 9.17) is 18.0 Å². The molecule has 4 rings (SSSR count). The van der Waals surface area contributed by atoms with Gasteiger partial charge in [-0.1, -0.05) is 43.5 Å². The summed E-state index contributed by atoms with van der Waals surface area (Å²) in [4.78, 5) is 35.7. The molecule has 0 spiro atoms. The zero-order valence-electron chi connectivity index (χ0n) is 21.4. The number of halogens is 2. The first-order valence-electron chi connectivity index (χ1n) is 12.2. The molecule has 0 atom stereocenters. The number of hydrogen-bond acceptors (Lipinski definition) is 6. The molecule has 3 aromatic rings. The summed E-state index contributed by atoms with van der Waals surface area (Å²) in [6, 6.07) is 9.91. The summed E-state index contributed by atoms with van der Waals surface area (Å²) >= 11 is 6.31. The first kappa shape index (κ1) is 26.9. The first-order chi connectivity index (χ1) is 18.1. The minimum absolute atomic E-state index is 0.00383. The van der Waals surface area contributed by atoms with Crippen molar-refractivity contribution in [3.63, 3.8) is 0 Å². The highest BCUT2D eigenvalue weighted by molar-refractivity contribution is 6.33. The molecule has 10 heteroatoms. The van der Waals surface area contributed by atoms with Crippen LogP contribution in [-0.2, 0) is 10.2 Å². The molecule has 0 fully saturated rings. The van der Waals surface area contributed by atoms with Gasteiger partial charge in [-0.15, -0.1) is 6.42 Å². The van der Waals surface area contributed by atoms with E-state index in [1.165, 1.54) is 24.4 Å². The number of hydrogen-bond donors (Lipinski definition) is 3. The topological polar surface area (TPSA) is 99.2 Å². The average Bonchev–Trinajstić information content (AvgIpc) is 2.98. The number of terminal acetylenes is 1.